The summed E-state index contributed by atoms with van der Waals surface area (Å²) in [7, 11) is 0. The maximum absolute atomic E-state index is 14.7. The zero-order chi connectivity index (χ0) is 24.4. The second-order valence-electron chi connectivity index (χ2n) is 8.34. The smallest absolute Gasteiger partial charge is 0.261 e. The first kappa shape index (κ1) is 23.7. The Bertz CT molecular complexity index is 1300. The molecule has 1 amide bonds. The highest BCUT2D eigenvalue weighted by Gasteiger charge is 2.25. The molecule has 0 spiro atoms. The molecular formula is C24H24ClFN4O4. The zero-order valence-corrected chi connectivity index (χ0v) is 19.4. The first-order valence-corrected chi connectivity index (χ1v) is 11.1. The fraction of sp³-hybridized carbons (Fsp3) is 0.292. The van der Waals surface area contributed by atoms with Gasteiger partial charge in [-0.25, -0.2) is 4.39 Å². The predicted octanol–water partition coefficient (Wildman–Crippen LogP) is 3.59. The second kappa shape index (κ2) is 9.82. The monoisotopic (exact) mass is 486 g/mol. The third-order valence-electron chi connectivity index (χ3n) is 5.44. The minimum Gasteiger partial charge on any atom is -0.477 e. The van der Waals surface area contributed by atoms with Gasteiger partial charge in [0.15, 0.2) is 0 Å². The average Bonchev–Trinajstić information content (AvgIpc) is 2.82. The summed E-state index contributed by atoms with van der Waals surface area (Å²) in [6.45, 7) is 4.18. The molecule has 3 N–H and O–H groups in total. The lowest BCUT2D eigenvalue weighted by atomic mass is 10.0. The van der Waals surface area contributed by atoms with Gasteiger partial charge in [0.1, 0.15) is 11.5 Å². The summed E-state index contributed by atoms with van der Waals surface area (Å²) >= 11 is 6.08. The van der Waals surface area contributed by atoms with Gasteiger partial charge in [-0.15, -0.1) is 0 Å². The van der Waals surface area contributed by atoms with Crippen LogP contribution in [0.5, 0.6) is 5.88 Å². The number of nitrogens with zero attached hydrogens (tertiary/aromatic N) is 2. The van der Waals surface area contributed by atoms with Crippen LogP contribution in [0, 0.1) is 11.7 Å². The van der Waals surface area contributed by atoms with E-state index in [1.165, 1.54) is 41.2 Å². The van der Waals surface area contributed by atoms with E-state index in [1.807, 2.05) is 6.92 Å². The number of hydrogen-bond acceptors (Lipinski definition) is 6. The number of halogens is 2. The van der Waals surface area contributed by atoms with Crippen LogP contribution in [-0.2, 0) is 6.54 Å². The van der Waals surface area contributed by atoms with Crippen LogP contribution >= 0.6 is 11.6 Å². The van der Waals surface area contributed by atoms with Crippen LogP contribution in [0.25, 0.3) is 11.1 Å². The van der Waals surface area contributed by atoms with Crippen molar-refractivity contribution >= 4 is 28.9 Å². The highest BCUT2D eigenvalue weighted by atomic mass is 35.5. The number of carbonyl (C=O) groups is 1. The molecule has 2 unspecified atom stereocenters. The van der Waals surface area contributed by atoms with Crippen molar-refractivity contribution in [3.05, 3.63) is 69.5 Å². The second-order valence-corrected chi connectivity index (χ2v) is 8.77. The molecule has 1 aliphatic rings. The van der Waals surface area contributed by atoms with Crippen LogP contribution in [0.4, 0.5) is 15.8 Å². The summed E-state index contributed by atoms with van der Waals surface area (Å²) in [5.41, 5.74) is 0.789. The summed E-state index contributed by atoms with van der Waals surface area (Å²) in [4.78, 5) is 30.1. The van der Waals surface area contributed by atoms with Crippen molar-refractivity contribution < 1.29 is 19.0 Å². The summed E-state index contributed by atoms with van der Waals surface area (Å²) in [6, 6.07) is 6.67. The van der Waals surface area contributed by atoms with Gasteiger partial charge in [-0.2, -0.15) is 0 Å². The lowest BCUT2D eigenvalue weighted by Gasteiger charge is -2.27. The van der Waals surface area contributed by atoms with Gasteiger partial charge in [0.05, 0.1) is 30.0 Å². The number of ether oxygens (including phenoxy) is 1. The standard InChI is InChI=1S/C24H24ClFN4O4/c1-13-10-30-23(33)17(16-7-15(25)3-4-19(16)26)8-21(24(30)34-12-13)29-20-5-6-27-9-18(20)22(32)28-14(2)11-31/h3-9,13-14,31H,10-12H2,1-2H3,(H,27,29)(H,28,32). The van der Waals surface area contributed by atoms with E-state index in [-0.39, 0.29) is 29.2 Å². The Kier molecular flexibility index (Phi) is 6.85. The Morgan fingerprint density at radius 1 is 1.32 bits per heavy atom. The minimum atomic E-state index is -0.584. The van der Waals surface area contributed by atoms with Gasteiger partial charge in [0.25, 0.3) is 11.5 Å². The number of aliphatic hydroxyl groups excluding tert-OH is 1. The Balaban J connectivity index is 1.84. The molecule has 0 aliphatic carbocycles. The molecule has 0 fully saturated rings. The molecule has 2 aromatic heterocycles. The average molecular weight is 487 g/mol. The van der Waals surface area contributed by atoms with Gasteiger partial charge in [-0.05, 0) is 37.3 Å². The molecule has 10 heteroatoms. The quantitative estimate of drug-likeness (QED) is 0.492. The molecule has 2 atom stereocenters. The first-order valence-electron chi connectivity index (χ1n) is 10.8. The van der Waals surface area contributed by atoms with Gasteiger partial charge in [-0.3, -0.25) is 19.1 Å². The predicted molar refractivity (Wildman–Crippen MR) is 127 cm³/mol. The summed E-state index contributed by atoms with van der Waals surface area (Å²) < 4.78 is 22.0. The van der Waals surface area contributed by atoms with Crippen molar-refractivity contribution in [2.75, 3.05) is 18.5 Å². The minimum absolute atomic E-state index is 0.0681. The van der Waals surface area contributed by atoms with Crippen LogP contribution in [0.2, 0.25) is 5.02 Å². The van der Waals surface area contributed by atoms with E-state index in [0.29, 0.717) is 35.4 Å². The van der Waals surface area contributed by atoms with Crippen molar-refractivity contribution in [2.24, 2.45) is 5.92 Å². The van der Waals surface area contributed by atoms with Crippen molar-refractivity contribution in [3.63, 3.8) is 0 Å². The number of hydrogen-bond donors (Lipinski definition) is 3. The number of anilines is 2. The molecule has 0 saturated carbocycles. The van der Waals surface area contributed by atoms with Crippen molar-refractivity contribution in [2.45, 2.75) is 26.4 Å². The molecule has 1 aliphatic heterocycles. The highest BCUT2D eigenvalue weighted by Crippen LogP contribution is 2.35. The van der Waals surface area contributed by atoms with Gasteiger partial charge in [0, 0.05) is 41.5 Å². The number of amides is 1. The molecule has 3 heterocycles. The fourth-order valence-electron chi connectivity index (χ4n) is 3.72. The molecule has 0 saturated heterocycles. The number of aromatic nitrogens is 2. The normalized spacial score (nSPS) is 15.7. The van der Waals surface area contributed by atoms with Crippen LogP contribution in [0.3, 0.4) is 0 Å². The lowest BCUT2D eigenvalue weighted by molar-refractivity contribution is 0.0923. The topological polar surface area (TPSA) is 105 Å². The molecule has 34 heavy (non-hydrogen) atoms. The Morgan fingerprint density at radius 3 is 2.88 bits per heavy atom. The van der Waals surface area contributed by atoms with Crippen molar-refractivity contribution in [1.29, 1.82) is 0 Å². The number of fused-ring (bicyclic) bond motifs is 1. The summed E-state index contributed by atoms with van der Waals surface area (Å²) in [6.07, 6.45) is 2.90. The van der Waals surface area contributed by atoms with E-state index in [4.69, 9.17) is 16.3 Å². The van der Waals surface area contributed by atoms with E-state index in [0.717, 1.165) is 0 Å². The number of aliphatic hydroxyl groups is 1. The first-order chi connectivity index (χ1) is 16.3. The molecule has 0 bridgehead atoms. The SMILES string of the molecule is CC1COc2c(Nc3ccncc3C(=O)NC(C)CO)cc(-c3cc(Cl)ccc3F)c(=O)n2C1. The molecule has 4 rings (SSSR count). The number of nitrogens with one attached hydrogen (secondary N) is 2. The van der Waals surface area contributed by atoms with Gasteiger partial charge >= 0.3 is 0 Å². The number of rotatable bonds is 6. The molecule has 3 aromatic rings. The van der Waals surface area contributed by atoms with Gasteiger partial charge in [0.2, 0.25) is 5.88 Å². The molecule has 178 valence electrons. The van der Waals surface area contributed by atoms with E-state index < -0.39 is 23.3 Å². The van der Waals surface area contributed by atoms with E-state index in [9.17, 15) is 19.1 Å². The van der Waals surface area contributed by atoms with Gasteiger partial charge in [-0.1, -0.05) is 18.5 Å². The summed E-state index contributed by atoms with van der Waals surface area (Å²) in [5.74, 6) is -0.657. The summed E-state index contributed by atoms with van der Waals surface area (Å²) in [5, 5.41) is 15.4. The Labute approximate surface area is 200 Å². The van der Waals surface area contributed by atoms with Crippen LogP contribution in [0.1, 0.15) is 24.2 Å². The van der Waals surface area contributed by atoms with Crippen molar-refractivity contribution in [3.8, 4) is 17.0 Å². The lowest BCUT2D eigenvalue weighted by Crippen LogP contribution is -2.35. The Morgan fingerprint density at radius 2 is 2.12 bits per heavy atom. The zero-order valence-electron chi connectivity index (χ0n) is 18.6. The number of benzene rings is 1. The third-order valence-corrected chi connectivity index (χ3v) is 5.68. The molecular weight excluding hydrogens is 463 g/mol. The highest BCUT2D eigenvalue weighted by molar-refractivity contribution is 6.30. The Hall–Kier alpha value is -3.43. The molecule has 8 nitrogen and oxygen atoms in total. The maximum Gasteiger partial charge on any atom is 0.261 e. The third kappa shape index (κ3) is 4.76. The number of carbonyl (C=O) groups excluding carboxylic acids is 1. The fourth-order valence-corrected chi connectivity index (χ4v) is 3.89. The van der Waals surface area contributed by atoms with Crippen molar-refractivity contribution in [1.82, 2.24) is 14.9 Å². The molecule has 1 aromatic carbocycles. The van der Waals surface area contributed by atoms with Gasteiger partial charge < -0.3 is 20.5 Å². The van der Waals surface area contributed by atoms with E-state index in [1.54, 1.807) is 13.0 Å². The number of pyridine rings is 2. The van der Waals surface area contributed by atoms with Crippen LogP contribution < -0.4 is 20.9 Å². The van der Waals surface area contributed by atoms with Crippen LogP contribution in [0.15, 0.2) is 47.5 Å². The van der Waals surface area contributed by atoms with E-state index in [2.05, 4.69) is 15.6 Å². The van der Waals surface area contributed by atoms with Crippen LogP contribution in [-0.4, -0.2) is 39.8 Å². The van der Waals surface area contributed by atoms with E-state index >= 15 is 0 Å². The largest absolute Gasteiger partial charge is 0.477 e. The molecule has 0 radical (unpaired) electrons. The maximum atomic E-state index is 14.7.